The van der Waals surface area contributed by atoms with Crippen LogP contribution in [0.25, 0.3) is 0 Å². The molecule has 0 bridgehead atoms. The summed E-state index contributed by atoms with van der Waals surface area (Å²) in [6.45, 7) is 1.76. The molecule has 0 radical (unpaired) electrons. The molecule has 0 atom stereocenters. The third-order valence-corrected chi connectivity index (χ3v) is 2.74. The van der Waals surface area contributed by atoms with E-state index in [4.69, 9.17) is 5.11 Å². The van der Waals surface area contributed by atoms with Gasteiger partial charge in [-0.3, -0.25) is 5.10 Å². The fourth-order valence-electron chi connectivity index (χ4n) is 1.45. The summed E-state index contributed by atoms with van der Waals surface area (Å²) in [5, 5.41) is 18.4. The Morgan fingerprint density at radius 1 is 1.53 bits per heavy atom. The van der Waals surface area contributed by atoms with Crippen LogP contribution in [0.3, 0.4) is 0 Å². The van der Waals surface area contributed by atoms with Gasteiger partial charge in [-0.25, -0.2) is 4.79 Å². The van der Waals surface area contributed by atoms with Gasteiger partial charge in [-0.15, -0.1) is 0 Å². The summed E-state index contributed by atoms with van der Waals surface area (Å²) < 4.78 is 0.917. The van der Waals surface area contributed by atoms with E-state index in [0.717, 1.165) is 10.2 Å². The number of aromatic amines is 1. The Kier molecular flexibility index (Phi) is 3.14. The van der Waals surface area contributed by atoms with Crippen molar-refractivity contribution in [2.75, 3.05) is 5.32 Å². The predicted molar refractivity (Wildman–Crippen MR) is 67.7 cm³/mol. The molecule has 0 saturated carbocycles. The van der Waals surface area contributed by atoms with Crippen molar-refractivity contribution >= 4 is 33.3 Å². The van der Waals surface area contributed by atoms with Crippen LogP contribution in [-0.2, 0) is 0 Å². The molecule has 0 saturated heterocycles. The molecule has 1 heterocycles. The summed E-state index contributed by atoms with van der Waals surface area (Å²) in [6.07, 6.45) is 0. The van der Waals surface area contributed by atoms with Crippen molar-refractivity contribution in [1.82, 2.24) is 10.2 Å². The van der Waals surface area contributed by atoms with E-state index in [1.807, 2.05) is 24.3 Å². The maximum absolute atomic E-state index is 11.0. The summed E-state index contributed by atoms with van der Waals surface area (Å²) >= 11 is 3.35. The number of carboxylic acid groups (broad SMARTS) is 1. The molecule has 0 spiro atoms. The molecule has 0 fully saturated rings. The van der Waals surface area contributed by atoms with Gasteiger partial charge in [-0.1, -0.05) is 22.0 Å². The predicted octanol–water partition coefficient (Wildman–Crippen LogP) is 2.92. The summed E-state index contributed by atoms with van der Waals surface area (Å²) in [5.41, 5.74) is 1.95. The molecular formula is C11H10BrN3O2. The van der Waals surface area contributed by atoms with Crippen LogP contribution in [0.2, 0.25) is 0 Å². The van der Waals surface area contributed by atoms with Gasteiger partial charge in [0.25, 0.3) is 0 Å². The molecular weight excluding hydrogens is 286 g/mol. The number of hydrogen-bond donors (Lipinski definition) is 3. The number of rotatable bonds is 3. The molecule has 0 aliphatic rings. The largest absolute Gasteiger partial charge is 0.476 e. The first-order valence-corrected chi connectivity index (χ1v) is 5.68. The van der Waals surface area contributed by atoms with Gasteiger partial charge < -0.3 is 10.4 Å². The number of carbonyl (C=O) groups is 1. The van der Waals surface area contributed by atoms with Crippen LogP contribution in [0.15, 0.2) is 28.7 Å². The van der Waals surface area contributed by atoms with Crippen LogP contribution < -0.4 is 5.32 Å². The first kappa shape index (κ1) is 11.7. The molecule has 17 heavy (non-hydrogen) atoms. The molecule has 0 aliphatic heterocycles. The molecule has 2 aromatic rings. The number of aryl methyl sites for hydroxylation is 1. The average molecular weight is 296 g/mol. The van der Waals surface area contributed by atoms with Gasteiger partial charge in [0.05, 0.1) is 11.4 Å². The Balaban J connectivity index is 2.36. The molecule has 2 rings (SSSR count). The minimum Gasteiger partial charge on any atom is -0.476 e. The van der Waals surface area contributed by atoms with Crippen LogP contribution in [-0.4, -0.2) is 21.3 Å². The minimum absolute atomic E-state index is 0.0116. The molecule has 0 amide bonds. The van der Waals surface area contributed by atoms with Gasteiger partial charge in [0.2, 0.25) is 0 Å². The minimum atomic E-state index is -1.06. The quantitative estimate of drug-likeness (QED) is 0.813. The number of nitrogens with one attached hydrogen (secondary N) is 2. The standard InChI is InChI=1S/C11H10BrN3O2/c1-6-9(10(11(16)17)15-14-6)13-8-4-2-3-7(12)5-8/h2-5,13H,1H3,(H,14,15)(H,16,17). The SMILES string of the molecule is Cc1[nH]nc(C(=O)O)c1Nc1cccc(Br)c1. The fourth-order valence-corrected chi connectivity index (χ4v) is 1.85. The number of benzene rings is 1. The fraction of sp³-hybridized carbons (Fsp3) is 0.0909. The van der Waals surface area contributed by atoms with Gasteiger partial charge in [-0.05, 0) is 25.1 Å². The zero-order valence-electron chi connectivity index (χ0n) is 8.99. The molecule has 88 valence electrons. The topological polar surface area (TPSA) is 78.0 Å². The third-order valence-electron chi connectivity index (χ3n) is 2.24. The Morgan fingerprint density at radius 2 is 2.29 bits per heavy atom. The van der Waals surface area contributed by atoms with Gasteiger partial charge in [-0.2, -0.15) is 5.10 Å². The molecule has 0 unspecified atom stereocenters. The number of anilines is 2. The summed E-state index contributed by atoms with van der Waals surface area (Å²) in [5.74, 6) is -1.06. The van der Waals surface area contributed by atoms with Crippen molar-refractivity contribution in [3.8, 4) is 0 Å². The van der Waals surface area contributed by atoms with E-state index in [2.05, 4.69) is 31.4 Å². The van der Waals surface area contributed by atoms with Crippen molar-refractivity contribution in [1.29, 1.82) is 0 Å². The lowest BCUT2D eigenvalue weighted by Crippen LogP contribution is -2.02. The van der Waals surface area contributed by atoms with E-state index >= 15 is 0 Å². The number of halogens is 1. The lowest BCUT2D eigenvalue weighted by Gasteiger charge is -2.06. The highest BCUT2D eigenvalue weighted by Gasteiger charge is 2.16. The van der Waals surface area contributed by atoms with E-state index in [0.29, 0.717) is 11.4 Å². The van der Waals surface area contributed by atoms with E-state index in [1.165, 1.54) is 0 Å². The highest BCUT2D eigenvalue weighted by molar-refractivity contribution is 9.10. The second kappa shape index (κ2) is 4.58. The van der Waals surface area contributed by atoms with Crippen molar-refractivity contribution < 1.29 is 9.90 Å². The van der Waals surface area contributed by atoms with E-state index < -0.39 is 5.97 Å². The van der Waals surface area contributed by atoms with Crippen molar-refractivity contribution in [2.45, 2.75) is 6.92 Å². The lowest BCUT2D eigenvalue weighted by atomic mass is 10.2. The number of H-pyrrole nitrogens is 1. The number of aromatic carboxylic acids is 1. The zero-order chi connectivity index (χ0) is 12.4. The highest BCUT2D eigenvalue weighted by atomic mass is 79.9. The molecule has 1 aromatic carbocycles. The third kappa shape index (κ3) is 2.47. The molecule has 3 N–H and O–H groups in total. The number of hydrogen-bond acceptors (Lipinski definition) is 3. The average Bonchev–Trinajstić information content (AvgIpc) is 2.61. The van der Waals surface area contributed by atoms with Crippen molar-refractivity contribution in [2.24, 2.45) is 0 Å². The smallest absolute Gasteiger partial charge is 0.358 e. The van der Waals surface area contributed by atoms with Crippen LogP contribution >= 0.6 is 15.9 Å². The molecule has 1 aromatic heterocycles. The summed E-state index contributed by atoms with van der Waals surface area (Å²) in [4.78, 5) is 11.0. The highest BCUT2D eigenvalue weighted by Crippen LogP contribution is 2.24. The van der Waals surface area contributed by atoms with Crippen molar-refractivity contribution in [3.63, 3.8) is 0 Å². The van der Waals surface area contributed by atoms with Gasteiger partial charge in [0.15, 0.2) is 5.69 Å². The Morgan fingerprint density at radius 3 is 2.94 bits per heavy atom. The second-order valence-corrected chi connectivity index (χ2v) is 4.43. The van der Waals surface area contributed by atoms with E-state index in [9.17, 15) is 4.79 Å². The Bertz CT molecular complexity index is 566. The molecule has 5 nitrogen and oxygen atoms in total. The maximum Gasteiger partial charge on any atom is 0.358 e. The Labute approximate surface area is 106 Å². The number of carboxylic acids is 1. The maximum atomic E-state index is 11.0. The van der Waals surface area contributed by atoms with E-state index in [-0.39, 0.29) is 5.69 Å². The van der Waals surface area contributed by atoms with Crippen molar-refractivity contribution in [3.05, 3.63) is 40.1 Å². The van der Waals surface area contributed by atoms with Crippen LogP contribution in [0, 0.1) is 6.92 Å². The molecule has 6 heteroatoms. The van der Waals surface area contributed by atoms with Gasteiger partial charge in [0, 0.05) is 10.2 Å². The normalized spacial score (nSPS) is 10.2. The van der Waals surface area contributed by atoms with Gasteiger partial charge >= 0.3 is 5.97 Å². The number of aromatic nitrogens is 2. The Hall–Kier alpha value is -1.82. The monoisotopic (exact) mass is 295 g/mol. The van der Waals surface area contributed by atoms with E-state index in [1.54, 1.807) is 6.92 Å². The first-order valence-electron chi connectivity index (χ1n) is 4.89. The lowest BCUT2D eigenvalue weighted by molar-refractivity contribution is 0.0691. The summed E-state index contributed by atoms with van der Waals surface area (Å²) in [6, 6.07) is 7.47. The second-order valence-electron chi connectivity index (χ2n) is 3.51. The molecule has 0 aliphatic carbocycles. The van der Waals surface area contributed by atoms with Crippen LogP contribution in [0.4, 0.5) is 11.4 Å². The zero-order valence-corrected chi connectivity index (χ0v) is 10.6. The van der Waals surface area contributed by atoms with Gasteiger partial charge in [0.1, 0.15) is 0 Å². The summed E-state index contributed by atoms with van der Waals surface area (Å²) in [7, 11) is 0. The van der Waals surface area contributed by atoms with Crippen LogP contribution in [0.5, 0.6) is 0 Å². The first-order chi connectivity index (χ1) is 8.08. The van der Waals surface area contributed by atoms with Crippen LogP contribution in [0.1, 0.15) is 16.2 Å². The number of nitrogens with zero attached hydrogens (tertiary/aromatic N) is 1.